The SMILES string of the molecule is CCCCn1nc(CC(C)C)c2c(NCc3nc(N)n[nH]3)ncnc21. The summed E-state index contributed by atoms with van der Waals surface area (Å²) < 4.78 is 2.00. The molecule has 0 aromatic carbocycles. The minimum absolute atomic E-state index is 0.234. The number of H-pyrrole nitrogens is 1. The van der Waals surface area contributed by atoms with Crippen LogP contribution in [0.25, 0.3) is 11.0 Å². The van der Waals surface area contributed by atoms with Crippen molar-refractivity contribution in [2.45, 2.75) is 53.1 Å². The number of hydrogen-bond donors (Lipinski definition) is 3. The van der Waals surface area contributed by atoms with Gasteiger partial charge in [-0.15, -0.1) is 5.10 Å². The van der Waals surface area contributed by atoms with Gasteiger partial charge in [-0.25, -0.2) is 14.6 Å². The van der Waals surface area contributed by atoms with Gasteiger partial charge in [-0.2, -0.15) is 10.1 Å². The quantitative estimate of drug-likeness (QED) is 0.572. The van der Waals surface area contributed by atoms with E-state index in [1.54, 1.807) is 6.33 Å². The maximum Gasteiger partial charge on any atom is 0.239 e. The van der Waals surface area contributed by atoms with E-state index in [0.717, 1.165) is 48.4 Å². The first-order chi connectivity index (χ1) is 12.1. The minimum Gasteiger partial charge on any atom is -0.367 e. The van der Waals surface area contributed by atoms with Crippen molar-refractivity contribution in [2.75, 3.05) is 11.1 Å². The van der Waals surface area contributed by atoms with Crippen LogP contribution in [0.3, 0.4) is 0 Å². The number of aromatic amines is 1. The van der Waals surface area contributed by atoms with Gasteiger partial charge in [-0.1, -0.05) is 27.2 Å². The van der Waals surface area contributed by atoms with Crippen molar-refractivity contribution in [3.8, 4) is 0 Å². The zero-order valence-electron chi connectivity index (χ0n) is 15.0. The Labute approximate surface area is 146 Å². The highest BCUT2D eigenvalue weighted by atomic mass is 15.3. The van der Waals surface area contributed by atoms with Crippen molar-refractivity contribution < 1.29 is 0 Å². The van der Waals surface area contributed by atoms with Gasteiger partial charge in [0.05, 0.1) is 17.6 Å². The number of unbranched alkanes of at least 4 members (excludes halogenated alkanes) is 1. The maximum atomic E-state index is 5.55. The first kappa shape index (κ1) is 17.1. The van der Waals surface area contributed by atoms with E-state index >= 15 is 0 Å². The lowest BCUT2D eigenvalue weighted by atomic mass is 10.1. The highest BCUT2D eigenvalue weighted by Gasteiger charge is 2.17. The molecule has 0 spiro atoms. The first-order valence-electron chi connectivity index (χ1n) is 8.69. The number of aromatic nitrogens is 7. The van der Waals surface area contributed by atoms with Gasteiger partial charge in [-0.3, -0.25) is 5.10 Å². The van der Waals surface area contributed by atoms with Crippen molar-refractivity contribution in [2.24, 2.45) is 5.92 Å². The summed E-state index contributed by atoms with van der Waals surface area (Å²) in [6, 6.07) is 0. The second kappa shape index (κ2) is 7.45. The minimum atomic E-state index is 0.234. The summed E-state index contributed by atoms with van der Waals surface area (Å²) in [4.78, 5) is 13.0. The van der Waals surface area contributed by atoms with Crippen molar-refractivity contribution in [3.05, 3.63) is 17.8 Å². The summed E-state index contributed by atoms with van der Waals surface area (Å²) in [5, 5.41) is 15.7. The lowest BCUT2D eigenvalue weighted by molar-refractivity contribution is 0.562. The third kappa shape index (κ3) is 3.86. The van der Waals surface area contributed by atoms with Gasteiger partial charge < -0.3 is 11.1 Å². The molecule has 134 valence electrons. The summed E-state index contributed by atoms with van der Waals surface area (Å²) in [6.07, 6.45) is 4.64. The molecular weight excluding hydrogens is 318 g/mol. The molecular formula is C16H25N9. The molecule has 0 aliphatic carbocycles. The lowest BCUT2D eigenvalue weighted by Crippen LogP contribution is -2.05. The maximum absolute atomic E-state index is 5.55. The second-order valence-electron chi connectivity index (χ2n) is 6.54. The molecule has 0 aliphatic rings. The van der Waals surface area contributed by atoms with Gasteiger partial charge in [-0.05, 0) is 18.8 Å². The van der Waals surface area contributed by atoms with E-state index in [1.165, 1.54) is 0 Å². The number of aryl methyl sites for hydroxylation is 1. The molecule has 0 fully saturated rings. The third-order valence-corrected chi connectivity index (χ3v) is 3.90. The Morgan fingerprint density at radius 2 is 2.16 bits per heavy atom. The van der Waals surface area contributed by atoms with Crippen LogP contribution in [0, 0.1) is 5.92 Å². The molecule has 0 unspecified atom stereocenters. The van der Waals surface area contributed by atoms with E-state index < -0.39 is 0 Å². The molecule has 9 nitrogen and oxygen atoms in total. The van der Waals surface area contributed by atoms with Crippen LogP contribution in [0.15, 0.2) is 6.33 Å². The molecule has 3 heterocycles. The molecule has 25 heavy (non-hydrogen) atoms. The van der Waals surface area contributed by atoms with E-state index in [9.17, 15) is 0 Å². The second-order valence-corrected chi connectivity index (χ2v) is 6.54. The molecule has 3 aromatic rings. The van der Waals surface area contributed by atoms with Crippen molar-refractivity contribution in [1.82, 2.24) is 34.9 Å². The zero-order chi connectivity index (χ0) is 17.8. The Balaban J connectivity index is 1.94. The third-order valence-electron chi connectivity index (χ3n) is 3.90. The van der Waals surface area contributed by atoms with Crippen molar-refractivity contribution in [1.29, 1.82) is 0 Å². The summed E-state index contributed by atoms with van der Waals surface area (Å²) in [5.74, 6) is 2.16. The van der Waals surface area contributed by atoms with Crippen LogP contribution in [0.2, 0.25) is 0 Å². The summed E-state index contributed by atoms with van der Waals surface area (Å²) in [6.45, 7) is 7.86. The molecule has 0 saturated heterocycles. The van der Waals surface area contributed by atoms with Crippen LogP contribution < -0.4 is 11.1 Å². The number of nitrogen functional groups attached to an aromatic ring is 1. The normalized spacial score (nSPS) is 11.5. The molecule has 0 aliphatic heterocycles. The number of nitrogens with one attached hydrogen (secondary N) is 2. The van der Waals surface area contributed by atoms with Crippen LogP contribution >= 0.6 is 0 Å². The topological polar surface area (TPSA) is 123 Å². The molecule has 0 radical (unpaired) electrons. The van der Waals surface area contributed by atoms with E-state index in [1.807, 2.05) is 4.68 Å². The predicted octanol–water partition coefficient (Wildman–Crippen LogP) is 2.14. The van der Waals surface area contributed by atoms with Gasteiger partial charge in [0, 0.05) is 6.54 Å². The zero-order valence-corrected chi connectivity index (χ0v) is 15.0. The first-order valence-corrected chi connectivity index (χ1v) is 8.69. The fourth-order valence-corrected chi connectivity index (χ4v) is 2.76. The molecule has 9 heteroatoms. The molecule has 0 atom stereocenters. The highest BCUT2D eigenvalue weighted by Crippen LogP contribution is 2.26. The fraction of sp³-hybridized carbons (Fsp3) is 0.562. The Morgan fingerprint density at radius 3 is 2.84 bits per heavy atom. The molecule has 4 N–H and O–H groups in total. The van der Waals surface area contributed by atoms with Crippen LogP contribution in [0.1, 0.15) is 45.1 Å². The Bertz CT molecular complexity index is 833. The average Bonchev–Trinajstić information content (AvgIpc) is 3.15. The molecule has 0 amide bonds. The number of nitrogens with zero attached hydrogens (tertiary/aromatic N) is 6. The van der Waals surface area contributed by atoms with Crippen LogP contribution in [-0.4, -0.2) is 34.9 Å². The highest BCUT2D eigenvalue weighted by molar-refractivity contribution is 5.89. The smallest absolute Gasteiger partial charge is 0.239 e. The number of anilines is 2. The monoisotopic (exact) mass is 343 g/mol. The predicted molar refractivity (Wildman–Crippen MR) is 96.9 cm³/mol. The van der Waals surface area contributed by atoms with Gasteiger partial charge in [0.2, 0.25) is 5.95 Å². The Morgan fingerprint density at radius 1 is 1.32 bits per heavy atom. The Hall–Kier alpha value is -2.71. The van der Waals surface area contributed by atoms with E-state index in [2.05, 4.69) is 51.2 Å². The van der Waals surface area contributed by atoms with Gasteiger partial charge >= 0.3 is 0 Å². The van der Waals surface area contributed by atoms with Gasteiger partial charge in [0.1, 0.15) is 18.0 Å². The van der Waals surface area contributed by atoms with E-state index in [-0.39, 0.29) is 5.95 Å². The number of nitrogens with two attached hydrogens (primary N) is 1. The number of hydrogen-bond acceptors (Lipinski definition) is 7. The van der Waals surface area contributed by atoms with Gasteiger partial charge in [0.15, 0.2) is 5.65 Å². The van der Waals surface area contributed by atoms with Crippen molar-refractivity contribution in [3.63, 3.8) is 0 Å². The number of rotatable bonds is 8. The Kier molecular flexibility index (Phi) is 5.11. The molecule has 0 bridgehead atoms. The fourth-order valence-electron chi connectivity index (χ4n) is 2.76. The summed E-state index contributed by atoms with van der Waals surface area (Å²) in [7, 11) is 0. The van der Waals surface area contributed by atoms with Crippen LogP contribution in [0.5, 0.6) is 0 Å². The summed E-state index contributed by atoms with van der Waals surface area (Å²) in [5.41, 5.74) is 7.45. The lowest BCUT2D eigenvalue weighted by Gasteiger charge is -2.07. The van der Waals surface area contributed by atoms with Crippen molar-refractivity contribution >= 4 is 22.8 Å². The van der Waals surface area contributed by atoms with E-state index in [4.69, 9.17) is 10.8 Å². The standard InChI is InChI=1S/C16H25N9/c1-4-5-6-25-15-13(11(24-25)7-10(2)3)14(19-9-20-15)18-8-12-21-16(17)23-22-12/h9-10H,4-8H2,1-3H3,(H,18,19,20)(H3,17,21,22,23). The largest absolute Gasteiger partial charge is 0.367 e. The summed E-state index contributed by atoms with van der Waals surface area (Å²) >= 11 is 0. The molecule has 0 saturated carbocycles. The molecule has 3 aromatic heterocycles. The van der Waals surface area contributed by atoms with E-state index in [0.29, 0.717) is 18.3 Å². The van der Waals surface area contributed by atoms with Crippen LogP contribution in [0.4, 0.5) is 11.8 Å². The van der Waals surface area contributed by atoms with Crippen LogP contribution in [-0.2, 0) is 19.5 Å². The average molecular weight is 343 g/mol. The number of fused-ring (bicyclic) bond motifs is 1. The van der Waals surface area contributed by atoms with Gasteiger partial charge in [0.25, 0.3) is 0 Å². The molecule has 3 rings (SSSR count).